The van der Waals surface area contributed by atoms with Gasteiger partial charge in [0.15, 0.2) is 11.5 Å². The molecule has 0 atom stereocenters. The lowest BCUT2D eigenvalue weighted by Crippen LogP contribution is -2.21. The van der Waals surface area contributed by atoms with Gasteiger partial charge < -0.3 is 10.6 Å². The van der Waals surface area contributed by atoms with Gasteiger partial charge in [0.1, 0.15) is 22.5 Å². The smallest absolute Gasteiger partial charge is 0.176 e. The maximum atomic E-state index is 9.19. The molecule has 0 radical (unpaired) electrons. The number of hydrogen-bond donors (Lipinski definition) is 2. The van der Waals surface area contributed by atoms with Crippen molar-refractivity contribution >= 4 is 39.8 Å². The Bertz CT molecular complexity index is 1220. The van der Waals surface area contributed by atoms with Crippen LogP contribution >= 0.6 is 11.6 Å². The Morgan fingerprint density at radius 2 is 2.14 bits per heavy atom. The first-order valence-electron chi connectivity index (χ1n) is 8.88. The Hall–Kier alpha value is -3.31. The van der Waals surface area contributed by atoms with Crippen molar-refractivity contribution in [1.29, 1.82) is 5.26 Å². The molecule has 0 aliphatic rings. The van der Waals surface area contributed by atoms with Crippen molar-refractivity contribution in [3.05, 3.63) is 46.2 Å². The van der Waals surface area contributed by atoms with Crippen LogP contribution < -0.4 is 10.6 Å². The summed E-state index contributed by atoms with van der Waals surface area (Å²) in [5.74, 6) is 1.09. The van der Waals surface area contributed by atoms with Crippen LogP contribution in [0.15, 0.2) is 24.3 Å². The second-order valence-corrected chi connectivity index (χ2v) is 7.06. The zero-order valence-electron chi connectivity index (χ0n) is 15.6. The Labute approximate surface area is 166 Å². The van der Waals surface area contributed by atoms with Crippen molar-refractivity contribution in [2.75, 3.05) is 24.2 Å². The van der Waals surface area contributed by atoms with E-state index in [9.17, 15) is 5.26 Å². The van der Waals surface area contributed by atoms with Gasteiger partial charge in [-0.15, -0.1) is 0 Å². The summed E-state index contributed by atoms with van der Waals surface area (Å²) >= 11 is 6.42. The molecule has 0 saturated heterocycles. The van der Waals surface area contributed by atoms with E-state index in [2.05, 4.69) is 26.3 Å². The highest BCUT2D eigenvalue weighted by Crippen LogP contribution is 2.29. The first-order valence-corrected chi connectivity index (χ1v) is 9.26. The molecule has 4 aromatic rings. The Morgan fingerprint density at radius 3 is 2.93 bits per heavy atom. The van der Waals surface area contributed by atoms with Crippen molar-refractivity contribution in [3.8, 4) is 6.07 Å². The number of rotatable bonds is 5. The number of hydrogen-bond acceptors (Lipinski definition) is 6. The number of aromatic amines is 1. The van der Waals surface area contributed by atoms with Crippen molar-refractivity contribution in [2.45, 2.75) is 19.8 Å². The summed E-state index contributed by atoms with van der Waals surface area (Å²) in [5.41, 5.74) is 9.24. The van der Waals surface area contributed by atoms with Crippen LogP contribution in [-0.4, -0.2) is 38.4 Å². The van der Waals surface area contributed by atoms with Crippen molar-refractivity contribution in [3.63, 3.8) is 0 Å². The minimum Gasteiger partial charge on any atom is -0.381 e. The summed E-state index contributed by atoms with van der Waals surface area (Å²) < 4.78 is 1.79. The third-order valence-corrected chi connectivity index (χ3v) is 5.25. The number of nitrogens with zero attached hydrogens (tertiary/aromatic N) is 6. The van der Waals surface area contributed by atoms with Gasteiger partial charge in [0.2, 0.25) is 0 Å². The molecule has 8 nitrogen and oxygen atoms in total. The van der Waals surface area contributed by atoms with E-state index in [4.69, 9.17) is 22.3 Å². The normalized spacial score (nSPS) is 11.2. The van der Waals surface area contributed by atoms with Gasteiger partial charge in [-0.2, -0.15) is 15.5 Å². The Kier molecular flexibility index (Phi) is 4.53. The number of nitrogens with one attached hydrogen (secondary N) is 1. The fourth-order valence-electron chi connectivity index (χ4n) is 3.36. The molecule has 3 heterocycles. The first kappa shape index (κ1) is 18.1. The summed E-state index contributed by atoms with van der Waals surface area (Å²) in [6, 6.07) is 10.1. The minimum absolute atomic E-state index is 0.245. The van der Waals surface area contributed by atoms with Gasteiger partial charge in [-0.3, -0.25) is 5.10 Å². The molecule has 3 aromatic heterocycles. The first-order chi connectivity index (χ1) is 13.5. The van der Waals surface area contributed by atoms with Crippen molar-refractivity contribution < 1.29 is 0 Å². The SMILES string of the molecule is Cc1nn2c(nc(N(C)CCCc3[nH]nc(N)c3C#N)c3ccccc32)c1Cl. The molecule has 28 heavy (non-hydrogen) atoms. The number of nitrogens with two attached hydrogens (primary N) is 1. The molecule has 0 spiro atoms. The third-order valence-electron chi connectivity index (χ3n) is 4.81. The van der Waals surface area contributed by atoms with Gasteiger partial charge in [-0.1, -0.05) is 23.7 Å². The van der Waals surface area contributed by atoms with Crippen molar-refractivity contribution in [2.24, 2.45) is 0 Å². The number of nitriles is 1. The highest BCUT2D eigenvalue weighted by molar-refractivity contribution is 6.34. The fourth-order valence-corrected chi connectivity index (χ4v) is 3.52. The number of nitrogen functional groups attached to an aromatic ring is 1. The highest BCUT2D eigenvalue weighted by atomic mass is 35.5. The van der Waals surface area contributed by atoms with E-state index in [0.717, 1.165) is 41.1 Å². The molecule has 9 heteroatoms. The van der Waals surface area contributed by atoms with E-state index in [1.54, 1.807) is 4.52 Å². The van der Waals surface area contributed by atoms with E-state index >= 15 is 0 Å². The molecule has 0 aliphatic carbocycles. The third kappa shape index (κ3) is 2.90. The lowest BCUT2D eigenvalue weighted by atomic mass is 10.1. The number of anilines is 2. The summed E-state index contributed by atoms with van der Waals surface area (Å²) in [5, 5.41) is 22.0. The molecule has 4 rings (SSSR count). The van der Waals surface area contributed by atoms with E-state index in [1.807, 2.05) is 38.2 Å². The lowest BCUT2D eigenvalue weighted by molar-refractivity contribution is 0.761. The lowest BCUT2D eigenvalue weighted by Gasteiger charge is -2.20. The van der Waals surface area contributed by atoms with Crippen LogP contribution in [0.5, 0.6) is 0 Å². The van der Waals surface area contributed by atoms with Gasteiger partial charge in [0, 0.05) is 19.0 Å². The van der Waals surface area contributed by atoms with Gasteiger partial charge in [-0.25, -0.2) is 9.50 Å². The highest BCUT2D eigenvalue weighted by Gasteiger charge is 2.17. The van der Waals surface area contributed by atoms with Gasteiger partial charge >= 0.3 is 0 Å². The number of halogens is 1. The number of benzene rings is 1. The molecule has 1 aromatic carbocycles. The summed E-state index contributed by atoms with van der Waals surface area (Å²) in [7, 11) is 1.99. The molecule has 0 saturated carbocycles. The molecule has 0 unspecified atom stereocenters. The number of aromatic nitrogens is 5. The largest absolute Gasteiger partial charge is 0.381 e. The average Bonchev–Trinajstić information content (AvgIpc) is 3.20. The average molecular weight is 395 g/mol. The van der Waals surface area contributed by atoms with E-state index in [1.165, 1.54) is 0 Å². The fraction of sp³-hybridized carbons (Fsp3) is 0.263. The number of H-pyrrole nitrogens is 1. The molecule has 0 bridgehead atoms. The van der Waals surface area contributed by atoms with Crippen LogP contribution in [0.4, 0.5) is 11.6 Å². The molecule has 0 amide bonds. The second kappa shape index (κ2) is 7.02. The summed E-state index contributed by atoms with van der Waals surface area (Å²) in [6.07, 6.45) is 1.48. The number of para-hydroxylation sites is 1. The topological polar surface area (TPSA) is 112 Å². The maximum Gasteiger partial charge on any atom is 0.176 e. The standard InChI is InChI=1S/C19H19ClN8/c1-11-16(20)19-23-18(12-6-3-4-8-15(12)28(19)26-11)27(2)9-5-7-14-13(10-21)17(22)25-24-14/h3-4,6,8H,5,7,9H2,1-2H3,(H3,22,24,25). The minimum atomic E-state index is 0.245. The predicted octanol–water partition coefficient (Wildman–Crippen LogP) is 3.09. The predicted molar refractivity (Wildman–Crippen MR) is 110 cm³/mol. The van der Waals surface area contributed by atoms with Gasteiger partial charge in [0.25, 0.3) is 0 Å². The van der Waals surface area contributed by atoms with E-state index in [0.29, 0.717) is 22.7 Å². The molecule has 142 valence electrons. The van der Waals surface area contributed by atoms with E-state index in [-0.39, 0.29) is 5.82 Å². The zero-order valence-corrected chi connectivity index (χ0v) is 16.3. The second-order valence-electron chi connectivity index (χ2n) is 6.69. The van der Waals surface area contributed by atoms with E-state index < -0.39 is 0 Å². The molecule has 3 N–H and O–H groups in total. The van der Waals surface area contributed by atoms with Crippen LogP contribution in [0.25, 0.3) is 16.6 Å². The zero-order chi connectivity index (χ0) is 19.8. The summed E-state index contributed by atoms with van der Waals surface area (Å²) in [4.78, 5) is 6.88. The van der Waals surface area contributed by atoms with Gasteiger partial charge in [0.05, 0.1) is 16.9 Å². The molecular weight excluding hydrogens is 376 g/mol. The summed E-state index contributed by atoms with van der Waals surface area (Å²) in [6.45, 7) is 2.61. The van der Waals surface area contributed by atoms with Crippen LogP contribution in [-0.2, 0) is 6.42 Å². The van der Waals surface area contributed by atoms with Crippen LogP contribution in [0, 0.1) is 18.3 Å². The van der Waals surface area contributed by atoms with Crippen molar-refractivity contribution in [1.82, 2.24) is 24.8 Å². The van der Waals surface area contributed by atoms with Crippen LogP contribution in [0.2, 0.25) is 5.02 Å². The molecule has 0 aliphatic heterocycles. The van der Waals surface area contributed by atoms with Crippen LogP contribution in [0.1, 0.15) is 23.4 Å². The molecular formula is C19H19ClN8. The molecule has 0 fully saturated rings. The quantitative estimate of drug-likeness (QED) is 0.538. The number of aryl methyl sites for hydroxylation is 2. The maximum absolute atomic E-state index is 9.19. The Morgan fingerprint density at radius 1 is 1.36 bits per heavy atom. The number of fused-ring (bicyclic) bond motifs is 3. The van der Waals surface area contributed by atoms with Crippen LogP contribution in [0.3, 0.4) is 0 Å². The Balaban J connectivity index is 1.64. The van der Waals surface area contributed by atoms with Gasteiger partial charge in [-0.05, 0) is 31.9 Å². The monoisotopic (exact) mass is 394 g/mol.